The minimum absolute atomic E-state index is 0.0336. The van der Waals surface area contributed by atoms with E-state index in [9.17, 15) is 10.1 Å². The lowest BCUT2D eigenvalue weighted by atomic mass is 9.93. The summed E-state index contributed by atoms with van der Waals surface area (Å²) in [5, 5.41) is 14.7. The number of benzene rings is 1. The van der Waals surface area contributed by atoms with Gasteiger partial charge in [-0.25, -0.2) is 0 Å². The van der Waals surface area contributed by atoms with Crippen molar-refractivity contribution in [1.29, 1.82) is 0 Å². The molecule has 0 aliphatic carbocycles. The number of nitro groups is 1. The van der Waals surface area contributed by atoms with Gasteiger partial charge in [-0.15, -0.1) is 0 Å². The number of aromatic nitrogens is 2. The summed E-state index contributed by atoms with van der Waals surface area (Å²) in [6.07, 6.45) is 1.39. The molecule has 2 rings (SSSR count). The minimum atomic E-state index is -0.615. The number of aryl methyl sites for hydroxylation is 1. The Morgan fingerprint density at radius 3 is 2.57 bits per heavy atom. The first kappa shape index (κ1) is 15.1. The number of non-ortho nitro benzene ring substituents is 1. The predicted molar refractivity (Wildman–Crippen MR) is 77.6 cm³/mol. The fourth-order valence-corrected chi connectivity index (χ4v) is 2.10. The van der Waals surface area contributed by atoms with E-state index in [1.165, 1.54) is 12.1 Å². The standard InChI is InChI=1S/C14H18N4O3/c1-4-14(15,5-2)13-16-12(21-17-13)11-7-6-10(18(19)20)8-9(11)3/h6-8H,4-5,15H2,1-3H3. The van der Waals surface area contributed by atoms with Gasteiger partial charge in [0.15, 0.2) is 5.82 Å². The average Bonchev–Trinajstić information content (AvgIpc) is 2.96. The Balaban J connectivity index is 2.40. The zero-order valence-corrected chi connectivity index (χ0v) is 12.3. The van der Waals surface area contributed by atoms with Crippen LogP contribution in [0.5, 0.6) is 0 Å². The van der Waals surface area contributed by atoms with Gasteiger partial charge >= 0.3 is 0 Å². The van der Waals surface area contributed by atoms with Crippen LogP contribution >= 0.6 is 0 Å². The van der Waals surface area contributed by atoms with Crippen LogP contribution in [0, 0.1) is 17.0 Å². The molecule has 0 atom stereocenters. The van der Waals surface area contributed by atoms with Gasteiger partial charge in [0.1, 0.15) is 0 Å². The molecule has 0 bridgehead atoms. The first-order chi connectivity index (χ1) is 9.91. The second-order valence-corrected chi connectivity index (χ2v) is 5.04. The van der Waals surface area contributed by atoms with E-state index in [1.807, 2.05) is 13.8 Å². The normalized spacial score (nSPS) is 11.6. The Morgan fingerprint density at radius 1 is 1.38 bits per heavy atom. The van der Waals surface area contributed by atoms with E-state index in [1.54, 1.807) is 13.0 Å². The third-order valence-corrected chi connectivity index (χ3v) is 3.78. The maximum Gasteiger partial charge on any atom is 0.269 e. The molecule has 1 heterocycles. The van der Waals surface area contributed by atoms with Crippen LogP contribution in [0.1, 0.15) is 38.1 Å². The molecule has 0 spiro atoms. The Bertz CT molecular complexity index is 662. The summed E-state index contributed by atoms with van der Waals surface area (Å²) in [6, 6.07) is 4.51. The SMILES string of the molecule is CCC(N)(CC)c1noc(-c2ccc([N+](=O)[O-])cc2C)n1. The zero-order valence-electron chi connectivity index (χ0n) is 12.3. The van der Waals surface area contributed by atoms with E-state index < -0.39 is 10.5 Å². The number of hydrogen-bond donors (Lipinski definition) is 1. The molecule has 1 aromatic carbocycles. The van der Waals surface area contributed by atoms with Crippen molar-refractivity contribution in [3.8, 4) is 11.5 Å². The van der Waals surface area contributed by atoms with E-state index >= 15 is 0 Å². The van der Waals surface area contributed by atoms with Crippen molar-refractivity contribution in [3.63, 3.8) is 0 Å². The molecule has 0 fully saturated rings. The summed E-state index contributed by atoms with van der Waals surface area (Å²) in [6.45, 7) is 5.70. The summed E-state index contributed by atoms with van der Waals surface area (Å²) in [4.78, 5) is 14.7. The molecule has 0 radical (unpaired) electrons. The van der Waals surface area contributed by atoms with E-state index in [2.05, 4.69) is 10.1 Å². The predicted octanol–water partition coefficient (Wildman–Crippen LogP) is 2.93. The number of nitrogens with zero attached hydrogens (tertiary/aromatic N) is 3. The van der Waals surface area contributed by atoms with Gasteiger partial charge in [0, 0.05) is 17.7 Å². The highest BCUT2D eigenvalue weighted by Gasteiger charge is 2.29. The highest BCUT2D eigenvalue weighted by atomic mass is 16.6. The third kappa shape index (κ3) is 2.78. The molecule has 112 valence electrons. The zero-order chi connectivity index (χ0) is 15.6. The molecular weight excluding hydrogens is 272 g/mol. The van der Waals surface area contributed by atoms with Gasteiger partial charge in [-0.3, -0.25) is 10.1 Å². The van der Waals surface area contributed by atoms with Crippen molar-refractivity contribution < 1.29 is 9.45 Å². The molecule has 0 unspecified atom stereocenters. The van der Waals surface area contributed by atoms with Crippen LogP contribution < -0.4 is 5.73 Å². The van der Waals surface area contributed by atoms with E-state index in [0.29, 0.717) is 35.7 Å². The summed E-state index contributed by atoms with van der Waals surface area (Å²) in [5.74, 6) is 0.786. The van der Waals surface area contributed by atoms with Crippen LogP contribution in [0.15, 0.2) is 22.7 Å². The largest absolute Gasteiger partial charge is 0.334 e. The Morgan fingerprint density at radius 2 is 2.05 bits per heavy atom. The molecular formula is C14H18N4O3. The van der Waals surface area contributed by atoms with Crippen LogP contribution in [-0.2, 0) is 5.54 Å². The molecule has 2 N–H and O–H groups in total. The maximum atomic E-state index is 10.8. The molecule has 0 saturated carbocycles. The molecule has 0 amide bonds. The number of rotatable bonds is 5. The van der Waals surface area contributed by atoms with Gasteiger partial charge in [0.25, 0.3) is 11.6 Å². The third-order valence-electron chi connectivity index (χ3n) is 3.78. The fraction of sp³-hybridized carbons (Fsp3) is 0.429. The first-order valence-electron chi connectivity index (χ1n) is 6.79. The highest BCUT2D eigenvalue weighted by molar-refractivity contribution is 5.61. The van der Waals surface area contributed by atoms with E-state index in [0.717, 1.165) is 0 Å². The molecule has 7 nitrogen and oxygen atoms in total. The van der Waals surface area contributed by atoms with Crippen molar-refractivity contribution in [2.75, 3.05) is 0 Å². The Kier molecular flexibility index (Phi) is 4.04. The van der Waals surface area contributed by atoms with Gasteiger partial charge in [0.05, 0.1) is 10.5 Å². The van der Waals surface area contributed by atoms with E-state index in [-0.39, 0.29) is 5.69 Å². The molecule has 0 aliphatic rings. The Hall–Kier alpha value is -2.28. The van der Waals surface area contributed by atoms with Gasteiger partial charge in [-0.1, -0.05) is 19.0 Å². The van der Waals surface area contributed by atoms with Crippen molar-refractivity contribution in [2.24, 2.45) is 5.73 Å². The summed E-state index contributed by atoms with van der Waals surface area (Å²) < 4.78 is 5.27. The van der Waals surface area contributed by atoms with Gasteiger partial charge in [-0.2, -0.15) is 4.98 Å². The lowest BCUT2D eigenvalue weighted by Gasteiger charge is -2.21. The highest BCUT2D eigenvalue weighted by Crippen LogP contribution is 2.29. The first-order valence-corrected chi connectivity index (χ1v) is 6.79. The quantitative estimate of drug-likeness (QED) is 0.670. The molecule has 0 saturated heterocycles. The second kappa shape index (κ2) is 5.61. The van der Waals surface area contributed by atoms with Crippen molar-refractivity contribution in [2.45, 2.75) is 39.2 Å². The minimum Gasteiger partial charge on any atom is -0.334 e. The lowest BCUT2D eigenvalue weighted by Crippen LogP contribution is -2.36. The van der Waals surface area contributed by atoms with Crippen molar-refractivity contribution in [3.05, 3.63) is 39.7 Å². The van der Waals surface area contributed by atoms with Crippen LogP contribution in [-0.4, -0.2) is 15.1 Å². The summed E-state index contributed by atoms with van der Waals surface area (Å²) in [7, 11) is 0. The lowest BCUT2D eigenvalue weighted by molar-refractivity contribution is -0.384. The van der Waals surface area contributed by atoms with Gasteiger partial charge in [0.2, 0.25) is 0 Å². The summed E-state index contributed by atoms with van der Waals surface area (Å²) in [5.41, 5.74) is 7.03. The monoisotopic (exact) mass is 290 g/mol. The maximum absolute atomic E-state index is 10.8. The van der Waals surface area contributed by atoms with Crippen molar-refractivity contribution >= 4 is 5.69 Å². The Labute approximate surface area is 122 Å². The van der Waals surface area contributed by atoms with E-state index in [4.69, 9.17) is 10.3 Å². The van der Waals surface area contributed by atoms with Crippen LogP contribution in [0.2, 0.25) is 0 Å². The fourth-order valence-electron chi connectivity index (χ4n) is 2.10. The van der Waals surface area contributed by atoms with Gasteiger partial charge in [-0.05, 0) is 31.4 Å². The molecule has 21 heavy (non-hydrogen) atoms. The average molecular weight is 290 g/mol. The number of nitrogens with two attached hydrogens (primary N) is 1. The summed E-state index contributed by atoms with van der Waals surface area (Å²) >= 11 is 0. The topological polar surface area (TPSA) is 108 Å². The molecule has 1 aromatic heterocycles. The second-order valence-electron chi connectivity index (χ2n) is 5.04. The smallest absolute Gasteiger partial charge is 0.269 e. The molecule has 0 aliphatic heterocycles. The molecule has 7 heteroatoms. The molecule has 2 aromatic rings. The number of nitro benzene ring substituents is 1. The number of hydrogen-bond acceptors (Lipinski definition) is 6. The van der Waals surface area contributed by atoms with Crippen LogP contribution in [0.4, 0.5) is 5.69 Å². The van der Waals surface area contributed by atoms with Crippen molar-refractivity contribution in [1.82, 2.24) is 10.1 Å². The van der Waals surface area contributed by atoms with Crippen LogP contribution in [0.25, 0.3) is 11.5 Å². The van der Waals surface area contributed by atoms with Gasteiger partial charge < -0.3 is 10.3 Å². The van der Waals surface area contributed by atoms with Crippen LogP contribution in [0.3, 0.4) is 0 Å².